The van der Waals surface area contributed by atoms with Gasteiger partial charge in [0.1, 0.15) is 16.9 Å². The molecule has 0 bridgehead atoms. The topological polar surface area (TPSA) is 123 Å². The highest BCUT2D eigenvalue weighted by atomic mass is 16.5. The molecule has 0 unspecified atom stereocenters. The number of fused-ring (bicyclic) bond motifs is 2. The Morgan fingerprint density at radius 3 is 2.23 bits per heavy atom. The lowest BCUT2D eigenvalue weighted by Crippen LogP contribution is -2.30. The van der Waals surface area contributed by atoms with Gasteiger partial charge in [-0.2, -0.15) is 0 Å². The van der Waals surface area contributed by atoms with Crippen LogP contribution in [0.1, 0.15) is 62.3 Å². The molecule has 9 nitrogen and oxygen atoms in total. The maximum Gasteiger partial charge on any atom is 0.349 e. The van der Waals surface area contributed by atoms with Crippen LogP contribution in [0, 0.1) is 0 Å². The third kappa shape index (κ3) is 5.83. The van der Waals surface area contributed by atoms with Crippen molar-refractivity contribution in [3.63, 3.8) is 0 Å². The van der Waals surface area contributed by atoms with Crippen molar-refractivity contribution in [2.24, 2.45) is 0 Å². The Morgan fingerprint density at radius 1 is 0.800 bits per heavy atom. The number of carbonyl (C=O) groups is 4. The molecule has 0 radical (unpaired) electrons. The van der Waals surface area contributed by atoms with Crippen molar-refractivity contribution < 1.29 is 28.3 Å². The zero-order chi connectivity index (χ0) is 28.1. The maximum absolute atomic E-state index is 12.5. The normalized spacial score (nSPS) is 12.4. The number of rotatable bonds is 10. The van der Waals surface area contributed by atoms with Gasteiger partial charge in [-0.05, 0) is 48.7 Å². The van der Waals surface area contributed by atoms with E-state index in [1.54, 1.807) is 36.4 Å². The summed E-state index contributed by atoms with van der Waals surface area (Å²) >= 11 is 0. The van der Waals surface area contributed by atoms with Crippen molar-refractivity contribution in [3.8, 4) is 5.75 Å². The third-order valence-corrected chi connectivity index (χ3v) is 6.62. The quantitative estimate of drug-likeness (QED) is 0.104. The number of nitrogens with one attached hydrogen (secondary N) is 1. The molecule has 0 saturated carbocycles. The Morgan fingerprint density at radius 2 is 1.50 bits per heavy atom. The number of benzene rings is 3. The molecule has 202 valence electrons. The predicted molar refractivity (Wildman–Crippen MR) is 146 cm³/mol. The summed E-state index contributed by atoms with van der Waals surface area (Å²) in [6.07, 6.45) is 1.86. The molecule has 3 aromatic carbocycles. The van der Waals surface area contributed by atoms with Crippen LogP contribution in [0.3, 0.4) is 0 Å². The maximum atomic E-state index is 12.5. The van der Waals surface area contributed by atoms with Crippen LogP contribution in [0.25, 0.3) is 11.0 Å². The molecule has 0 saturated heterocycles. The van der Waals surface area contributed by atoms with E-state index in [2.05, 4.69) is 5.32 Å². The first-order chi connectivity index (χ1) is 19.4. The lowest BCUT2D eigenvalue weighted by Gasteiger charge is -2.13. The molecule has 4 aromatic rings. The molecule has 1 aliphatic rings. The van der Waals surface area contributed by atoms with E-state index in [4.69, 9.17) is 9.15 Å². The van der Waals surface area contributed by atoms with Crippen LogP contribution in [-0.2, 0) is 11.3 Å². The number of hydrogen-bond acceptors (Lipinski definition) is 7. The molecule has 2 heterocycles. The van der Waals surface area contributed by atoms with Gasteiger partial charge in [-0.15, -0.1) is 0 Å². The van der Waals surface area contributed by atoms with Gasteiger partial charge in [-0.25, -0.2) is 4.79 Å². The van der Waals surface area contributed by atoms with Crippen LogP contribution in [0.2, 0.25) is 0 Å². The minimum atomic E-state index is -0.792. The zero-order valence-corrected chi connectivity index (χ0v) is 21.6. The summed E-state index contributed by atoms with van der Waals surface area (Å²) in [5, 5.41) is 3.22. The molecule has 1 N–H and O–H groups in total. The Balaban J connectivity index is 1.10. The van der Waals surface area contributed by atoms with Crippen LogP contribution < -0.4 is 15.7 Å². The molecule has 1 aromatic heterocycles. The fourth-order valence-electron chi connectivity index (χ4n) is 4.53. The standard InChI is InChI=1S/C31H26N2O7/c34-27(13-5-2-8-16-33-29(36)23-11-6-7-12-24(23)30(33)37)39-22-15-14-21-17-25(31(38)40-26(21)18-22)28(35)32-19-20-9-3-1-4-10-20/h1,3-4,6-7,9-12,14-15,17-18H,2,5,8,13,16,19H2,(H,32,35). The predicted octanol–water partition coefficient (Wildman–Crippen LogP) is 4.49. The second-order valence-corrected chi connectivity index (χ2v) is 9.41. The van der Waals surface area contributed by atoms with Crippen molar-refractivity contribution in [1.29, 1.82) is 0 Å². The fraction of sp³-hybridized carbons (Fsp3) is 0.194. The third-order valence-electron chi connectivity index (χ3n) is 6.62. The Labute approximate surface area is 229 Å². The first kappa shape index (κ1) is 26.6. The Hall–Kier alpha value is -5.05. The van der Waals surface area contributed by atoms with Crippen molar-refractivity contribution in [2.45, 2.75) is 32.2 Å². The monoisotopic (exact) mass is 538 g/mol. The minimum Gasteiger partial charge on any atom is -0.426 e. The van der Waals surface area contributed by atoms with Gasteiger partial charge < -0.3 is 14.5 Å². The highest BCUT2D eigenvalue weighted by Gasteiger charge is 2.34. The zero-order valence-electron chi connectivity index (χ0n) is 21.6. The van der Waals surface area contributed by atoms with Gasteiger partial charge >= 0.3 is 11.6 Å². The smallest absolute Gasteiger partial charge is 0.349 e. The van der Waals surface area contributed by atoms with Gasteiger partial charge in [-0.3, -0.25) is 24.1 Å². The summed E-state index contributed by atoms with van der Waals surface area (Å²) in [5.74, 6) is -1.36. The largest absolute Gasteiger partial charge is 0.426 e. The highest BCUT2D eigenvalue weighted by Crippen LogP contribution is 2.24. The molecule has 0 aliphatic carbocycles. The molecule has 3 amide bonds. The molecular formula is C31H26N2O7. The summed E-state index contributed by atoms with van der Waals surface area (Å²) in [7, 11) is 0. The van der Waals surface area contributed by atoms with Gasteiger partial charge in [0, 0.05) is 31.0 Å². The second-order valence-electron chi connectivity index (χ2n) is 9.41. The highest BCUT2D eigenvalue weighted by molar-refractivity contribution is 6.21. The summed E-state index contributed by atoms with van der Waals surface area (Å²) in [6.45, 7) is 0.562. The summed E-state index contributed by atoms with van der Waals surface area (Å²) in [4.78, 5) is 63.4. The number of nitrogens with zero attached hydrogens (tertiary/aromatic N) is 1. The fourth-order valence-corrected chi connectivity index (χ4v) is 4.53. The van der Waals surface area contributed by atoms with Crippen molar-refractivity contribution in [1.82, 2.24) is 10.2 Å². The van der Waals surface area contributed by atoms with Crippen molar-refractivity contribution >= 4 is 34.7 Å². The molecule has 0 spiro atoms. The van der Waals surface area contributed by atoms with E-state index in [1.807, 2.05) is 30.3 Å². The SMILES string of the molecule is O=C(CCCCCN1C(=O)c2ccccc2C1=O)Oc1ccc2cc(C(=O)NCc3ccccc3)c(=O)oc2c1. The van der Waals surface area contributed by atoms with E-state index in [0.717, 1.165) is 5.56 Å². The molecule has 5 rings (SSSR count). The number of ether oxygens (including phenoxy) is 1. The van der Waals surface area contributed by atoms with E-state index in [9.17, 15) is 24.0 Å². The lowest BCUT2D eigenvalue weighted by molar-refractivity contribution is -0.134. The second kappa shape index (κ2) is 11.8. The molecule has 9 heteroatoms. The van der Waals surface area contributed by atoms with Crippen molar-refractivity contribution in [2.75, 3.05) is 6.54 Å². The van der Waals surface area contributed by atoms with E-state index in [1.165, 1.54) is 17.0 Å². The van der Waals surface area contributed by atoms with E-state index < -0.39 is 17.5 Å². The molecule has 1 aliphatic heterocycles. The summed E-state index contributed by atoms with van der Waals surface area (Å²) in [6, 6.07) is 22.1. The molecule has 0 atom stereocenters. The Bertz CT molecular complexity index is 1620. The van der Waals surface area contributed by atoms with Gasteiger partial charge in [0.15, 0.2) is 0 Å². The van der Waals surface area contributed by atoms with Crippen LogP contribution in [-0.4, -0.2) is 35.1 Å². The average Bonchev–Trinajstić information content (AvgIpc) is 3.20. The number of amides is 3. The average molecular weight is 539 g/mol. The van der Waals surface area contributed by atoms with E-state index >= 15 is 0 Å². The van der Waals surface area contributed by atoms with Crippen LogP contribution >= 0.6 is 0 Å². The number of hydrogen-bond donors (Lipinski definition) is 1. The minimum absolute atomic E-state index is 0.116. The lowest BCUT2D eigenvalue weighted by atomic mass is 10.1. The number of esters is 1. The Kier molecular flexibility index (Phi) is 7.82. The molecule has 40 heavy (non-hydrogen) atoms. The van der Waals surface area contributed by atoms with Gasteiger partial charge in [0.05, 0.1) is 11.1 Å². The number of imide groups is 1. The first-order valence-electron chi connectivity index (χ1n) is 13.0. The number of unbranched alkanes of at least 4 members (excludes halogenated alkanes) is 2. The molecule has 0 fully saturated rings. The first-order valence-corrected chi connectivity index (χ1v) is 13.0. The van der Waals surface area contributed by atoms with Crippen LogP contribution in [0.15, 0.2) is 88.1 Å². The van der Waals surface area contributed by atoms with E-state index in [-0.39, 0.29) is 48.2 Å². The summed E-state index contributed by atoms with van der Waals surface area (Å²) < 4.78 is 10.7. The number of carbonyl (C=O) groups excluding carboxylic acids is 4. The van der Waals surface area contributed by atoms with Gasteiger partial charge in [-0.1, -0.05) is 48.9 Å². The van der Waals surface area contributed by atoms with Crippen LogP contribution in [0.5, 0.6) is 5.75 Å². The van der Waals surface area contributed by atoms with Gasteiger partial charge in [0.2, 0.25) is 0 Å². The van der Waals surface area contributed by atoms with E-state index in [0.29, 0.717) is 35.8 Å². The molecular weight excluding hydrogens is 512 g/mol. The van der Waals surface area contributed by atoms with Crippen LogP contribution in [0.4, 0.5) is 0 Å². The van der Waals surface area contributed by atoms with Gasteiger partial charge in [0.25, 0.3) is 17.7 Å². The summed E-state index contributed by atoms with van der Waals surface area (Å²) in [5.41, 5.74) is 1.02. The van der Waals surface area contributed by atoms with Crippen molar-refractivity contribution in [3.05, 3.63) is 112 Å².